The third-order valence-electron chi connectivity index (χ3n) is 3.23. The van der Waals surface area contributed by atoms with Crippen LogP contribution in [0.3, 0.4) is 0 Å². The lowest BCUT2D eigenvalue weighted by Gasteiger charge is -2.06. The van der Waals surface area contributed by atoms with Gasteiger partial charge in [0, 0.05) is 24.9 Å². The molecule has 3 rings (SSSR count). The van der Waals surface area contributed by atoms with Gasteiger partial charge in [0.15, 0.2) is 5.16 Å². The van der Waals surface area contributed by atoms with Gasteiger partial charge in [-0.2, -0.15) is 0 Å². The molecule has 0 bridgehead atoms. The van der Waals surface area contributed by atoms with Gasteiger partial charge in [0.05, 0.1) is 0 Å². The molecule has 0 aliphatic carbocycles. The summed E-state index contributed by atoms with van der Waals surface area (Å²) < 4.78 is 2.26. The second-order valence-corrected chi connectivity index (χ2v) is 5.97. The zero-order chi connectivity index (χ0) is 13.1. The summed E-state index contributed by atoms with van der Waals surface area (Å²) in [6.07, 6.45) is 6.52. The number of pyridine rings is 1. The minimum atomic E-state index is 0.540. The van der Waals surface area contributed by atoms with Crippen LogP contribution in [0.2, 0.25) is 5.15 Å². The summed E-state index contributed by atoms with van der Waals surface area (Å²) in [5.41, 5.74) is 1.16. The van der Waals surface area contributed by atoms with Gasteiger partial charge in [-0.15, -0.1) is 10.2 Å². The Morgan fingerprint density at radius 3 is 3.11 bits per heavy atom. The Kier molecular flexibility index (Phi) is 4.03. The van der Waals surface area contributed by atoms with E-state index in [1.54, 1.807) is 18.0 Å². The van der Waals surface area contributed by atoms with Gasteiger partial charge >= 0.3 is 0 Å². The van der Waals surface area contributed by atoms with Crippen LogP contribution in [0.5, 0.6) is 0 Å². The molecule has 1 aliphatic rings. The van der Waals surface area contributed by atoms with Crippen molar-refractivity contribution in [2.24, 2.45) is 0 Å². The highest BCUT2D eigenvalue weighted by atomic mass is 35.5. The predicted molar refractivity (Wildman–Crippen MR) is 76.4 cm³/mol. The standard InChI is InChI=1S/C13H15ClN4S/c14-11-8-10(5-6-15-11)9-19-13-17-16-12-4-2-1-3-7-18(12)13/h5-6,8H,1-4,7,9H2. The molecule has 0 saturated heterocycles. The Morgan fingerprint density at radius 1 is 1.26 bits per heavy atom. The van der Waals surface area contributed by atoms with Crippen molar-refractivity contribution in [1.29, 1.82) is 0 Å². The molecule has 1 aliphatic heterocycles. The smallest absolute Gasteiger partial charge is 0.191 e. The van der Waals surface area contributed by atoms with E-state index in [-0.39, 0.29) is 0 Å². The Hall–Kier alpha value is -1.07. The van der Waals surface area contributed by atoms with Crippen molar-refractivity contribution in [2.45, 2.75) is 43.1 Å². The van der Waals surface area contributed by atoms with E-state index in [1.165, 1.54) is 19.3 Å². The fourth-order valence-electron chi connectivity index (χ4n) is 2.25. The molecule has 100 valence electrons. The van der Waals surface area contributed by atoms with E-state index < -0.39 is 0 Å². The Morgan fingerprint density at radius 2 is 2.21 bits per heavy atom. The van der Waals surface area contributed by atoms with Crippen LogP contribution in [0.1, 0.15) is 30.7 Å². The van der Waals surface area contributed by atoms with E-state index in [2.05, 4.69) is 19.7 Å². The third-order valence-corrected chi connectivity index (χ3v) is 4.48. The van der Waals surface area contributed by atoms with Gasteiger partial charge in [0.2, 0.25) is 0 Å². The summed E-state index contributed by atoms with van der Waals surface area (Å²) in [5.74, 6) is 1.98. The summed E-state index contributed by atoms with van der Waals surface area (Å²) in [7, 11) is 0. The molecule has 2 aromatic heterocycles. The molecule has 19 heavy (non-hydrogen) atoms. The van der Waals surface area contributed by atoms with E-state index in [0.717, 1.165) is 35.3 Å². The summed E-state index contributed by atoms with van der Waals surface area (Å²) in [6.45, 7) is 1.04. The van der Waals surface area contributed by atoms with Crippen molar-refractivity contribution in [3.8, 4) is 0 Å². The number of hydrogen-bond acceptors (Lipinski definition) is 4. The molecule has 0 saturated carbocycles. The normalized spacial score (nSPS) is 15.0. The summed E-state index contributed by atoms with van der Waals surface area (Å²) in [5, 5.41) is 10.2. The van der Waals surface area contributed by atoms with Crippen LogP contribution < -0.4 is 0 Å². The molecule has 4 nitrogen and oxygen atoms in total. The monoisotopic (exact) mass is 294 g/mol. The van der Waals surface area contributed by atoms with Gasteiger partial charge in [-0.1, -0.05) is 29.8 Å². The topological polar surface area (TPSA) is 43.6 Å². The van der Waals surface area contributed by atoms with E-state index in [0.29, 0.717) is 5.15 Å². The molecule has 0 unspecified atom stereocenters. The minimum Gasteiger partial charge on any atom is -0.306 e. The SMILES string of the molecule is Clc1cc(CSc2nnc3n2CCCCC3)ccn1. The molecule has 2 aromatic rings. The number of fused-ring (bicyclic) bond motifs is 1. The molecule has 0 aromatic carbocycles. The first-order chi connectivity index (χ1) is 9.33. The van der Waals surface area contributed by atoms with Crippen LogP contribution in [-0.2, 0) is 18.7 Å². The lowest BCUT2D eigenvalue weighted by atomic mass is 10.2. The lowest BCUT2D eigenvalue weighted by molar-refractivity contribution is 0.591. The van der Waals surface area contributed by atoms with Crippen LogP contribution >= 0.6 is 23.4 Å². The first-order valence-electron chi connectivity index (χ1n) is 6.48. The third kappa shape index (κ3) is 3.09. The molecule has 0 fully saturated rings. The van der Waals surface area contributed by atoms with E-state index in [4.69, 9.17) is 11.6 Å². The zero-order valence-corrected chi connectivity index (χ0v) is 12.1. The molecule has 0 amide bonds. The van der Waals surface area contributed by atoms with Gasteiger partial charge in [-0.3, -0.25) is 0 Å². The highest BCUT2D eigenvalue weighted by Gasteiger charge is 2.14. The van der Waals surface area contributed by atoms with Crippen molar-refractivity contribution in [3.05, 3.63) is 34.9 Å². The van der Waals surface area contributed by atoms with Crippen molar-refractivity contribution < 1.29 is 0 Å². The maximum Gasteiger partial charge on any atom is 0.191 e. The second-order valence-electron chi connectivity index (χ2n) is 4.64. The minimum absolute atomic E-state index is 0.540. The molecule has 0 spiro atoms. The molecule has 0 radical (unpaired) electrons. The quantitative estimate of drug-likeness (QED) is 0.643. The first-order valence-corrected chi connectivity index (χ1v) is 7.84. The molecular formula is C13H15ClN4S. The average Bonchev–Trinajstić information content (AvgIpc) is 2.64. The van der Waals surface area contributed by atoms with Crippen LogP contribution in [0.25, 0.3) is 0 Å². The summed E-state index contributed by atoms with van der Waals surface area (Å²) in [6, 6.07) is 3.88. The fraction of sp³-hybridized carbons (Fsp3) is 0.462. The van der Waals surface area contributed by atoms with Gasteiger partial charge < -0.3 is 4.57 Å². The van der Waals surface area contributed by atoms with Gasteiger partial charge in [0.25, 0.3) is 0 Å². The maximum absolute atomic E-state index is 5.89. The van der Waals surface area contributed by atoms with Crippen molar-refractivity contribution in [1.82, 2.24) is 19.7 Å². The van der Waals surface area contributed by atoms with E-state index >= 15 is 0 Å². The first kappa shape index (κ1) is 12.9. The summed E-state index contributed by atoms with van der Waals surface area (Å²) in [4.78, 5) is 3.99. The second kappa shape index (κ2) is 5.92. The number of aromatic nitrogens is 4. The van der Waals surface area contributed by atoms with Gasteiger partial charge in [-0.05, 0) is 30.5 Å². The number of nitrogens with zero attached hydrogens (tertiary/aromatic N) is 4. The van der Waals surface area contributed by atoms with E-state index in [1.807, 2.05) is 12.1 Å². The van der Waals surface area contributed by atoms with Crippen LogP contribution in [-0.4, -0.2) is 19.7 Å². The van der Waals surface area contributed by atoms with Crippen LogP contribution in [0.4, 0.5) is 0 Å². The Bertz CT molecular complexity index is 570. The molecule has 0 N–H and O–H groups in total. The van der Waals surface area contributed by atoms with E-state index in [9.17, 15) is 0 Å². The molecular weight excluding hydrogens is 280 g/mol. The van der Waals surface area contributed by atoms with Crippen molar-refractivity contribution in [3.63, 3.8) is 0 Å². The molecule has 0 atom stereocenters. The van der Waals surface area contributed by atoms with Gasteiger partial charge in [0.1, 0.15) is 11.0 Å². The van der Waals surface area contributed by atoms with Crippen molar-refractivity contribution in [2.75, 3.05) is 0 Å². The van der Waals surface area contributed by atoms with Crippen molar-refractivity contribution >= 4 is 23.4 Å². The Balaban J connectivity index is 1.72. The number of rotatable bonds is 3. The molecule has 6 heteroatoms. The fourth-order valence-corrected chi connectivity index (χ4v) is 3.37. The number of halogens is 1. The van der Waals surface area contributed by atoms with Gasteiger partial charge in [-0.25, -0.2) is 4.98 Å². The highest BCUT2D eigenvalue weighted by molar-refractivity contribution is 7.98. The average molecular weight is 295 g/mol. The lowest BCUT2D eigenvalue weighted by Crippen LogP contribution is -2.02. The maximum atomic E-state index is 5.89. The van der Waals surface area contributed by atoms with Crippen LogP contribution in [0.15, 0.2) is 23.5 Å². The number of thioether (sulfide) groups is 1. The largest absolute Gasteiger partial charge is 0.306 e. The zero-order valence-electron chi connectivity index (χ0n) is 10.5. The Labute approximate surface area is 121 Å². The predicted octanol–water partition coefficient (Wildman–Crippen LogP) is 3.35. The van der Waals surface area contributed by atoms with Crippen LogP contribution in [0, 0.1) is 0 Å². The molecule has 3 heterocycles. The number of aryl methyl sites for hydroxylation is 1. The summed E-state index contributed by atoms with van der Waals surface area (Å²) >= 11 is 7.60. The number of hydrogen-bond donors (Lipinski definition) is 0. The highest BCUT2D eigenvalue weighted by Crippen LogP contribution is 2.25.